The second-order valence-electron chi connectivity index (χ2n) is 3.95. The maximum Gasteiger partial charge on any atom is 0.0723 e. The molecule has 0 saturated heterocycles. The average Bonchev–Trinajstić information content (AvgIpc) is 2.07. The predicted molar refractivity (Wildman–Crippen MR) is 51.9 cm³/mol. The molecule has 0 spiro atoms. The Labute approximate surface area is 75.5 Å². The van der Waals surface area contributed by atoms with Crippen molar-refractivity contribution in [3.63, 3.8) is 0 Å². The van der Waals surface area contributed by atoms with Crippen molar-refractivity contribution in [2.24, 2.45) is 11.8 Å². The molecule has 0 bridgehead atoms. The van der Waals surface area contributed by atoms with Crippen LogP contribution in [0.3, 0.4) is 0 Å². The van der Waals surface area contributed by atoms with Crippen molar-refractivity contribution in [2.75, 3.05) is 0 Å². The first-order valence-corrected chi connectivity index (χ1v) is 5.10. The number of rotatable bonds is 3. The summed E-state index contributed by atoms with van der Waals surface area (Å²) in [5.41, 5.74) is 0. The summed E-state index contributed by atoms with van der Waals surface area (Å²) in [5.74, 6) is 1.38. The van der Waals surface area contributed by atoms with Gasteiger partial charge in [0.05, 0.1) is 6.10 Å². The molecule has 1 nitrogen and oxygen atoms in total. The minimum absolute atomic E-state index is 0.178. The van der Waals surface area contributed by atoms with Gasteiger partial charge in [0.1, 0.15) is 0 Å². The third-order valence-electron chi connectivity index (χ3n) is 2.85. The van der Waals surface area contributed by atoms with Crippen LogP contribution in [-0.4, -0.2) is 11.2 Å². The van der Waals surface area contributed by atoms with E-state index in [9.17, 15) is 5.11 Å². The maximum absolute atomic E-state index is 9.41. The Balaban J connectivity index is 2.37. The molecular weight excluding hydrogens is 148 g/mol. The Morgan fingerprint density at radius 3 is 2.83 bits per heavy atom. The summed E-state index contributed by atoms with van der Waals surface area (Å²) in [7, 11) is 0. The molecule has 3 atom stereocenters. The average molecular weight is 168 g/mol. The highest BCUT2D eigenvalue weighted by molar-refractivity contribution is 5.00. The Kier molecular flexibility index (Phi) is 3.80. The number of hydrogen-bond acceptors (Lipinski definition) is 1. The fourth-order valence-electron chi connectivity index (χ4n) is 1.91. The van der Waals surface area contributed by atoms with Crippen molar-refractivity contribution in [3.05, 3.63) is 12.2 Å². The number of allylic oxidation sites excluding steroid dienone is 1. The van der Waals surface area contributed by atoms with Gasteiger partial charge in [0, 0.05) is 0 Å². The van der Waals surface area contributed by atoms with Crippen LogP contribution in [0.25, 0.3) is 0 Å². The first-order valence-electron chi connectivity index (χ1n) is 5.10. The molecule has 0 aromatic heterocycles. The third-order valence-corrected chi connectivity index (χ3v) is 2.85. The molecule has 0 fully saturated rings. The molecule has 1 aliphatic rings. The van der Waals surface area contributed by atoms with Gasteiger partial charge in [-0.2, -0.15) is 0 Å². The molecule has 0 aliphatic heterocycles. The fourth-order valence-corrected chi connectivity index (χ4v) is 1.91. The maximum atomic E-state index is 9.41. The Morgan fingerprint density at radius 2 is 2.17 bits per heavy atom. The van der Waals surface area contributed by atoms with Crippen LogP contribution in [0.2, 0.25) is 0 Å². The molecule has 3 unspecified atom stereocenters. The van der Waals surface area contributed by atoms with E-state index >= 15 is 0 Å². The molecule has 0 amide bonds. The van der Waals surface area contributed by atoms with Gasteiger partial charge in [-0.15, -0.1) is 0 Å². The van der Waals surface area contributed by atoms with E-state index in [-0.39, 0.29) is 6.10 Å². The summed E-state index contributed by atoms with van der Waals surface area (Å²) < 4.78 is 0. The number of aliphatic hydroxyl groups excluding tert-OH is 1. The molecule has 0 aromatic carbocycles. The Hall–Kier alpha value is -0.300. The minimum Gasteiger partial charge on any atom is -0.389 e. The highest BCUT2D eigenvalue weighted by atomic mass is 16.3. The van der Waals surface area contributed by atoms with Crippen molar-refractivity contribution in [1.29, 1.82) is 0 Å². The van der Waals surface area contributed by atoms with Crippen molar-refractivity contribution in [1.82, 2.24) is 0 Å². The second-order valence-corrected chi connectivity index (χ2v) is 3.95. The van der Waals surface area contributed by atoms with Crippen LogP contribution in [0.1, 0.15) is 39.5 Å². The minimum atomic E-state index is -0.178. The Bertz CT molecular complexity index is 151. The van der Waals surface area contributed by atoms with E-state index in [0.717, 1.165) is 6.42 Å². The topological polar surface area (TPSA) is 20.2 Å². The van der Waals surface area contributed by atoms with Gasteiger partial charge in [-0.1, -0.05) is 38.8 Å². The largest absolute Gasteiger partial charge is 0.389 e. The van der Waals surface area contributed by atoms with Crippen LogP contribution >= 0.6 is 0 Å². The summed E-state index contributed by atoms with van der Waals surface area (Å²) in [6, 6.07) is 0. The van der Waals surface area contributed by atoms with E-state index in [1.807, 2.05) is 6.08 Å². The molecule has 0 aromatic rings. The fraction of sp³-hybridized carbons (Fsp3) is 0.818. The zero-order valence-electron chi connectivity index (χ0n) is 8.16. The molecule has 1 rings (SSSR count). The zero-order chi connectivity index (χ0) is 8.97. The number of unbranched alkanes of at least 4 members (excludes halogenated alkanes) is 1. The van der Waals surface area contributed by atoms with Gasteiger partial charge in [0.15, 0.2) is 0 Å². The molecule has 0 radical (unpaired) electrons. The summed E-state index contributed by atoms with van der Waals surface area (Å²) in [6.45, 7) is 4.47. The molecule has 1 aliphatic carbocycles. The molecule has 70 valence electrons. The summed E-state index contributed by atoms with van der Waals surface area (Å²) in [5, 5.41) is 9.41. The molecule has 1 heteroatoms. The molecule has 0 saturated carbocycles. The summed E-state index contributed by atoms with van der Waals surface area (Å²) in [6.07, 6.45) is 8.74. The van der Waals surface area contributed by atoms with Gasteiger partial charge in [-0.05, 0) is 24.7 Å². The van der Waals surface area contributed by atoms with Crippen LogP contribution in [0.15, 0.2) is 12.2 Å². The van der Waals surface area contributed by atoms with Crippen LogP contribution in [0.4, 0.5) is 0 Å². The van der Waals surface area contributed by atoms with Crippen LogP contribution in [0, 0.1) is 11.8 Å². The molecule has 0 heterocycles. The standard InChI is InChI=1S/C11H20O/c1-3-4-5-10-8-11(12)7-6-9(10)2/h6-7,9-12H,3-5,8H2,1-2H3. The van der Waals surface area contributed by atoms with Crippen molar-refractivity contribution in [2.45, 2.75) is 45.6 Å². The van der Waals surface area contributed by atoms with Crippen LogP contribution in [-0.2, 0) is 0 Å². The lowest BCUT2D eigenvalue weighted by atomic mass is 9.81. The summed E-state index contributed by atoms with van der Waals surface area (Å²) in [4.78, 5) is 0. The first-order chi connectivity index (χ1) is 5.74. The van der Waals surface area contributed by atoms with Crippen molar-refractivity contribution in [3.8, 4) is 0 Å². The van der Waals surface area contributed by atoms with E-state index < -0.39 is 0 Å². The highest BCUT2D eigenvalue weighted by Gasteiger charge is 2.21. The predicted octanol–water partition coefficient (Wildman–Crippen LogP) is 2.75. The van der Waals surface area contributed by atoms with Gasteiger partial charge < -0.3 is 5.11 Å². The molecular formula is C11H20O. The third kappa shape index (κ3) is 2.63. The first kappa shape index (κ1) is 9.79. The van der Waals surface area contributed by atoms with E-state index in [4.69, 9.17) is 0 Å². The van der Waals surface area contributed by atoms with E-state index in [0.29, 0.717) is 11.8 Å². The number of aliphatic hydroxyl groups is 1. The summed E-state index contributed by atoms with van der Waals surface area (Å²) >= 11 is 0. The van der Waals surface area contributed by atoms with Crippen molar-refractivity contribution < 1.29 is 5.11 Å². The normalized spacial score (nSPS) is 35.4. The number of hydrogen-bond donors (Lipinski definition) is 1. The van der Waals surface area contributed by atoms with Crippen LogP contribution in [0.5, 0.6) is 0 Å². The monoisotopic (exact) mass is 168 g/mol. The second kappa shape index (κ2) is 4.66. The van der Waals surface area contributed by atoms with Gasteiger partial charge in [-0.3, -0.25) is 0 Å². The lowest BCUT2D eigenvalue weighted by molar-refractivity contribution is 0.156. The Morgan fingerprint density at radius 1 is 1.42 bits per heavy atom. The van der Waals surface area contributed by atoms with E-state index in [1.54, 1.807) is 0 Å². The lowest BCUT2D eigenvalue weighted by Crippen LogP contribution is -2.21. The molecule has 12 heavy (non-hydrogen) atoms. The van der Waals surface area contributed by atoms with Gasteiger partial charge in [0.25, 0.3) is 0 Å². The highest BCUT2D eigenvalue weighted by Crippen LogP contribution is 2.28. The molecule has 1 N–H and O–H groups in total. The van der Waals surface area contributed by atoms with Crippen LogP contribution < -0.4 is 0 Å². The van der Waals surface area contributed by atoms with Gasteiger partial charge >= 0.3 is 0 Å². The van der Waals surface area contributed by atoms with E-state index in [2.05, 4.69) is 19.9 Å². The lowest BCUT2D eigenvalue weighted by Gasteiger charge is -2.27. The van der Waals surface area contributed by atoms with Crippen molar-refractivity contribution >= 4 is 0 Å². The van der Waals surface area contributed by atoms with Gasteiger partial charge in [-0.25, -0.2) is 0 Å². The van der Waals surface area contributed by atoms with Gasteiger partial charge in [0.2, 0.25) is 0 Å². The van der Waals surface area contributed by atoms with E-state index in [1.165, 1.54) is 19.3 Å². The quantitative estimate of drug-likeness (QED) is 0.642. The SMILES string of the molecule is CCCCC1CC(O)C=CC1C. The smallest absolute Gasteiger partial charge is 0.0723 e. The zero-order valence-corrected chi connectivity index (χ0v) is 8.16.